The van der Waals surface area contributed by atoms with Crippen LogP contribution in [0.2, 0.25) is 0 Å². The summed E-state index contributed by atoms with van der Waals surface area (Å²) in [6.07, 6.45) is 1.38. The van der Waals surface area contributed by atoms with Crippen molar-refractivity contribution in [2.24, 2.45) is 0 Å². The van der Waals surface area contributed by atoms with Gasteiger partial charge in [-0.15, -0.1) is 0 Å². The number of anilines is 2. The lowest BCUT2D eigenvalue weighted by Crippen LogP contribution is -2.17. The second-order valence-electron chi connectivity index (χ2n) is 4.62. The molecular weight excluding hydrogens is 272 g/mol. The fourth-order valence-electron chi connectivity index (χ4n) is 2.17. The first kappa shape index (κ1) is 15.0. The van der Waals surface area contributed by atoms with Crippen molar-refractivity contribution >= 4 is 22.7 Å². The van der Waals surface area contributed by atoms with Gasteiger partial charge in [0.25, 0.3) is 0 Å². The predicted octanol–water partition coefficient (Wildman–Crippen LogP) is 0.572. The Morgan fingerprint density at radius 2 is 2.14 bits per heavy atom. The van der Waals surface area contributed by atoms with E-state index in [2.05, 4.69) is 16.0 Å². The van der Waals surface area contributed by atoms with E-state index in [0.717, 1.165) is 0 Å². The molecule has 0 aliphatic carbocycles. The summed E-state index contributed by atoms with van der Waals surface area (Å²) in [6.45, 7) is 1.20. The summed E-state index contributed by atoms with van der Waals surface area (Å²) in [4.78, 5) is 10.0. The zero-order chi connectivity index (χ0) is 15.4. The van der Waals surface area contributed by atoms with Gasteiger partial charge in [-0.1, -0.05) is 0 Å². The predicted molar refractivity (Wildman–Crippen MR) is 78.8 cm³/mol. The van der Waals surface area contributed by atoms with Gasteiger partial charge in [0.15, 0.2) is 0 Å². The molecule has 0 atom stereocenters. The average molecular weight is 290 g/mol. The number of ether oxygens (including phenoxy) is 2. The molecular formula is C13H18N6O2. The van der Waals surface area contributed by atoms with Gasteiger partial charge in [-0.2, -0.15) is 5.26 Å². The minimum atomic E-state index is 0.255. The van der Waals surface area contributed by atoms with Gasteiger partial charge >= 0.3 is 0 Å². The fraction of sp³-hybridized carbons (Fsp3) is 0.462. The zero-order valence-electron chi connectivity index (χ0n) is 12.3. The first-order valence-electron chi connectivity index (χ1n) is 6.38. The lowest BCUT2D eigenvalue weighted by molar-refractivity contribution is 0.0364. The van der Waals surface area contributed by atoms with Gasteiger partial charge in [-0.25, -0.2) is 9.97 Å². The first-order valence-corrected chi connectivity index (χ1v) is 6.38. The topological polar surface area (TPSA) is 102 Å². The van der Waals surface area contributed by atoms with Crippen LogP contribution in [0.15, 0.2) is 6.33 Å². The quantitative estimate of drug-likeness (QED) is 0.776. The number of nitriles is 1. The van der Waals surface area contributed by atoms with Crippen LogP contribution in [0.3, 0.4) is 0 Å². The molecule has 0 saturated heterocycles. The minimum absolute atomic E-state index is 0.255. The maximum Gasteiger partial charge on any atom is 0.150 e. The lowest BCUT2D eigenvalue weighted by atomic mass is 10.2. The molecule has 8 nitrogen and oxygen atoms in total. The largest absolute Gasteiger partial charge is 0.383 e. The summed E-state index contributed by atoms with van der Waals surface area (Å²) >= 11 is 0. The summed E-state index contributed by atoms with van der Waals surface area (Å²) in [5.74, 6) is 0.979. The number of fused-ring (bicyclic) bond motifs is 1. The second-order valence-corrected chi connectivity index (χ2v) is 4.62. The van der Waals surface area contributed by atoms with E-state index in [4.69, 9.17) is 15.2 Å². The highest BCUT2D eigenvalue weighted by atomic mass is 16.5. The van der Waals surface area contributed by atoms with Gasteiger partial charge < -0.3 is 20.1 Å². The highest BCUT2D eigenvalue weighted by molar-refractivity contribution is 5.97. The van der Waals surface area contributed by atoms with Crippen LogP contribution < -0.4 is 10.6 Å². The van der Waals surface area contributed by atoms with E-state index in [-0.39, 0.29) is 12.5 Å². The fourth-order valence-corrected chi connectivity index (χ4v) is 2.17. The summed E-state index contributed by atoms with van der Waals surface area (Å²) < 4.78 is 12.3. The Labute approximate surface area is 122 Å². The normalized spacial score (nSPS) is 10.8. The van der Waals surface area contributed by atoms with Crippen LogP contribution >= 0.6 is 0 Å². The molecule has 2 heterocycles. The van der Waals surface area contributed by atoms with E-state index in [1.807, 2.05) is 23.6 Å². The van der Waals surface area contributed by atoms with E-state index < -0.39 is 0 Å². The molecule has 2 rings (SSSR count). The van der Waals surface area contributed by atoms with Crippen molar-refractivity contribution in [3.63, 3.8) is 0 Å². The maximum absolute atomic E-state index is 9.45. The smallest absolute Gasteiger partial charge is 0.150 e. The third-order valence-electron chi connectivity index (χ3n) is 3.03. The van der Waals surface area contributed by atoms with Crippen LogP contribution in [0, 0.1) is 11.3 Å². The number of rotatable bonds is 6. The monoisotopic (exact) mass is 290 g/mol. The van der Waals surface area contributed by atoms with Crippen LogP contribution in [0.5, 0.6) is 0 Å². The Morgan fingerprint density at radius 1 is 1.38 bits per heavy atom. The molecule has 0 aliphatic heterocycles. The zero-order valence-corrected chi connectivity index (χ0v) is 12.3. The Balaban J connectivity index is 2.54. The standard InChI is InChI=1S/C13H18N6O2/c1-18(2)13-9(6-14)10-11(15)16-7-17-12(10)19(13)8-21-5-4-20-3/h7H,4-5,8H2,1-3H3,(H2,15,16,17). The molecule has 2 aromatic rings. The van der Waals surface area contributed by atoms with E-state index in [0.29, 0.717) is 35.6 Å². The molecule has 0 amide bonds. The summed E-state index contributed by atoms with van der Waals surface area (Å²) in [7, 11) is 5.32. The molecule has 0 spiro atoms. The van der Waals surface area contributed by atoms with Gasteiger partial charge in [0.1, 0.15) is 42.0 Å². The van der Waals surface area contributed by atoms with Crippen LogP contribution in [0.4, 0.5) is 11.6 Å². The maximum atomic E-state index is 9.45. The number of hydrogen-bond donors (Lipinski definition) is 1. The highest BCUT2D eigenvalue weighted by Crippen LogP contribution is 2.32. The Kier molecular flexibility index (Phi) is 4.57. The molecule has 112 valence electrons. The van der Waals surface area contributed by atoms with Crippen molar-refractivity contribution < 1.29 is 9.47 Å². The Bertz CT molecular complexity index is 673. The molecule has 2 N–H and O–H groups in total. The molecule has 0 unspecified atom stereocenters. The summed E-state index contributed by atoms with van der Waals surface area (Å²) in [5.41, 5.74) is 6.93. The van der Waals surface area contributed by atoms with Crippen molar-refractivity contribution in [2.45, 2.75) is 6.73 Å². The van der Waals surface area contributed by atoms with Gasteiger partial charge in [0.2, 0.25) is 0 Å². The molecule has 21 heavy (non-hydrogen) atoms. The van der Waals surface area contributed by atoms with E-state index in [1.54, 1.807) is 7.11 Å². The molecule has 2 aromatic heterocycles. The highest BCUT2D eigenvalue weighted by Gasteiger charge is 2.22. The van der Waals surface area contributed by atoms with Crippen molar-refractivity contribution in [3.8, 4) is 6.07 Å². The number of aromatic nitrogens is 3. The summed E-state index contributed by atoms with van der Waals surface area (Å²) in [5, 5.41) is 10.0. The van der Waals surface area contributed by atoms with Crippen LogP contribution in [0.1, 0.15) is 5.56 Å². The van der Waals surface area contributed by atoms with E-state index in [1.165, 1.54) is 6.33 Å². The lowest BCUT2D eigenvalue weighted by Gasteiger charge is -2.17. The second kappa shape index (κ2) is 6.39. The molecule has 0 radical (unpaired) electrons. The van der Waals surface area contributed by atoms with Crippen LogP contribution in [-0.2, 0) is 16.2 Å². The van der Waals surface area contributed by atoms with Crippen molar-refractivity contribution in [1.29, 1.82) is 5.26 Å². The van der Waals surface area contributed by atoms with E-state index >= 15 is 0 Å². The molecule has 0 saturated carbocycles. The molecule has 8 heteroatoms. The number of nitrogen functional groups attached to an aromatic ring is 1. The van der Waals surface area contributed by atoms with Crippen LogP contribution in [-0.4, -0.2) is 49.0 Å². The average Bonchev–Trinajstić information content (AvgIpc) is 2.79. The van der Waals surface area contributed by atoms with Crippen molar-refractivity contribution in [2.75, 3.05) is 45.1 Å². The Hall–Kier alpha value is -2.37. The van der Waals surface area contributed by atoms with Crippen molar-refractivity contribution in [1.82, 2.24) is 14.5 Å². The Morgan fingerprint density at radius 3 is 2.76 bits per heavy atom. The van der Waals surface area contributed by atoms with Crippen molar-refractivity contribution in [3.05, 3.63) is 11.9 Å². The molecule has 0 aromatic carbocycles. The molecule has 0 bridgehead atoms. The van der Waals surface area contributed by atoms with Gasteiger partial charge in [0.05, 0.1) is 18.6 Å². The number of methoxy groups -OCH3 is 1. The SMILES string of the molecule is COCCOCn1c(N(C)C)c(C#N)c2c(N)ncnc21. The van der Waals surface area contributed by atoms with Gasteiger partial charge in [-0.05, 0) is 0 Å². The molecule has 0 fully saturated rings. The van der Waals surface area contributed by atoms with Gasteiger partial charge in [0, 0.05) is 21.2 Å². The first-order chi connectivity index (χ1) is 10.1. The number of hydrogen-bond acceptors (Lipinski definition) is 7. The number of nitrogens with two attached hydrogens (primary N) is 1. The number of nitrogens with zero attached hydrogens (tertiary/aromatic N) is 5. The third-order valence-corrected chi connectivity index (χ3v) is 3.03. The third kappa shape index (κ3) is 2.74. The summed E-state index contributed by atoms with van der Waals surface area (Å²) in [6, 6.07) is 2.18. The molecule has 0 aliphatic rings. The van der Waals surface area contributed by atoms with Crippen LogP contribution in [0.25, 0.3) is 11.0 Å². The van der Waals surface area contributed by atoms with E-state index in [9.17, 15) is 5.26 Å². The minimum Gasteiger partial charge on any atom is -0.383 e. The van der Waals surface area contributed by atoms with Gasteiger partial charge in [-0.3, -0.25) is 4.57 Å².